The number of aromatic nitrogens is 1. The highest BCUT2D eigenvalue weighted by molar-refractivity contribution is 6.11. The molecule has 0 spiro atoms. The van der Waals surface area contributed by atoms with Crippen LogP contribution in [0.1, 0.15) is 5.56 Å². The van der Waals surface area contributed by atoms with Crippen LogP contribution in [0.5, 0.6) is 0 Å². The number of anilines is 8. The summed E-state index contributed by atoms with van der Waals surface area (Å²) in [7, 11) is 0. The lowest BCUT2D eigenvalue weighted by molar-refractivity contribution is -0.421. The Labute approximate surface area is 592 Å². The second kappa shape index (κ2) is 24.9. The Hall–Kier alpha value is -13.3. The van der Waals surface area contributed by atoms with Crippen LogP contribution in [0, 0.1) is 27.9 Å². The lowest BCUT2D eigenvalue weighted by atomic mass is 9.71. The first kappa shape index (κ1) is 59.9. The van der Waals surface area contributed by atoms with Crippen LogP contribution in [0.4, 0.5) is 45.5 Å². The molecule has 21 rings (SSSR count). The second-order valence-electron chi connectivity index (χ2n) is 26.7. The molecule has 0 N–H and O–H groups in total. The van der Waals surface area contributed by atoms with Gasteiger partial charge in [0.15, 0.2) is 0 Å². The first-order valence-corrected chi connectivity index (χ1v) is 35.0. The maximum absolute atomic E-state index is 12.2. The van der Waals surface area contributed by atoms with Gasteiger partial charge >= 0.3 is 0 Å². The van der Waals surface area contributed by atoms with Crippen LogP contribution >= 0.6 is 0 Å². The predicted molar refractivity (Wildman–Crippen MR) is 418 cm³/mol. The number of allylic oxidation sites excluding steroid dienone is 31. The van der Waals surface area contributed by atoms with Crippen LogP contribution in [0.25, 0.3) is 27.5 Å². The van der Waals surface area contributed by atoms with Gasteiger partial charge in [0.2, 0.25) is 0 Å². The van der Waals surface area contributed by atoms with Crippen molar-refractivity contribution in [1.29, 1.82) is 0 Å². The SMILES string of the molecule is C1=CC2=CC=CC3=C4C(=CC(=C1)C23)Cc1ccccc1N4c1ccccc1.C1=CC2=CC=CC3=C4C(=CC(=C1)C23)N(c1ccc2c(c1)c1ccccc1n2-c1ccccc1)c1ccccc1N4c1ccccc1.O=[N+]([O-])C1=CC2=CC=CC3=CC=CC(=C1N(c1ccccc1)c1ccccc1)C32. The molecule has 10 aromatic rings. The fraction of sp³-hybridized carbons (Fsp3) is 0.0426. The molecule has 3 atom stereocenters. The minimum atomic E-state index is -0.275. The van der Waals surface area contributed by atoms with Crippen molar-refractivity contribution in [2.45, 2.75) is 6.42 Å². The van der Waals surface area contributed by atoms with E-state index in [9.17, 15) is 10.1 Å². The van der Waals surface area contributed by atoms with Gasteiger partial charge in [-0.2, -0.15) is 0 Å². The lowest BCUT2D eigenvalue weighted by Crippen LogP contribution is -2.37. The van der Waals surface area contributed by atoms with Gasteiger partial charge in [-0.15, -0.1) is 0 Å². The molecule has 0 bridgehead atoms. The molecule has 102 heavy (non-hydrogen) atoms. The van der Waals surface area contributed by atoms with E-state index >= 15 is 0 Å². The summed E-state index contributed by atoms with van der Waals surface area (Å²) in [5.74, 6) is 0.590. The minimum absolute atomic E-state index is 0.0126. The average Bonchev–Trinajstić information content (AvgIpc) is 0.854. The first-order valence-electron chi connectivity index (χ1n) is 35.0. The van der Waals surface area contributed by atoms with Crippen LogP contribution < -0.4 is 19.6 Å². The molecule has 1 aromatic heterocycles. The maximum Gasteiger partial charge on any atom is 0.293 e. The molecule has 9 aromatic carbocycles. The topological polar surface area (TPSA) is 61.0 Å². The monoisotopic (exact) mass is 1310 g/mol. The summed E-state index contributed by atoms with van der Waals surface area (Å²) >= 11 is 0. The van der Waals surface area contributed by atoms with Crippen molar-refractivity contribution in [2.75, 3.05) is 19.6 Å². The van der Waals surface area contributed by atoms with E-state index in [1.54, 1.807) is 6.08 Å². The Morgan fingerprint density at radius 2 is 0.804 bits per heavy atom. The molecule has 8 nitrogen and oxygen atoms in total. The fourth-order valence-electron chi connectivity index (χ4n) is 16.8. The molecule has 8 heteroatoms. The number of rotatable bonds is 8. The molecule has 2 aliphatic heterocycles. The van der Waals surface area contributed by atoms with Crippen LogP contribution in [0.15, 0.2) is 454 Å². The molecule has 11 aliphatic rings. The molecule has 9 aliphatic carbocycles. The Kier molecular flexibility index (Phi) is 14.6. The van der Waals surface area contributed by atoms with Crippen molar-refractivity contribution in [1.82, 2.24) is 4.57 Å². The summed E-state index contributed by atoms with van der Waals surface area (Å²) in [6.07, 6.45) is 46.6. The van der Waals surface area contributed by atoms with E-state index in [0.29, 0.717) is 11.6 Å². The third-order valence-corrected chi connectivity index (χ3v) is 21.0. The molecule has 0 fully saturated rings. The summed E-state index contributed by atoms with van der Waals surface area (Å²) in [5, 5.41) is 14.7. The number of hydrogen-bond donors (Lipinski definition) is 0. The van der Waals surface area contributed by atoms with Crippen molar-refractivity contribution in [3.63, 3.8) is 0 Å². The van der Waals surface area contributed by atoms with Gasteiger partial charge in [0.05, 0.1) is 44.4 Å². The Balaban J connectivity index is 0.000000112. The molecular weight excluding hydrogens is 1250 g/mol. The van der Waals surface area contributed by atoms with Gasteiger partial charge in [-0.3, -0.25) is 10.1 Å². The fourth-order valence-corrected chi connectivity index (χ4v) is 16.8. The van der Waals surface area contributed by atoms with E-state index in [0.717, 1.165) is 51.6 Å². The molecule has 0 saturated heterocycles. The van der Waals surface area contributed by atoms with E-state index in [-0.39, 0.29) is 22.5 Å². The second-order valence-corrected chi connectivity index (χ2v) is 26.7. The lowest BCUT2D eigenvalue weighted by Gasteiger charge is -2.47. The van der Waals surface area contributed by atoms with Crippen molar-refractivity contribution < 1.29 is 4.92 Å². The zero-order chi connectivity index (χ0) is 67.8. The van der Waals surface area contributed by atoms with Crippen molar-refractivity contribution in [3.8, 4) is 5.69 Å². The van der Waals surface area contributed by atoms with Crippen molar-refractivity contribution >= 4 is 67.3 Å². The molecule has 484 valence electrons. The first-order chi connectivity index (χ1) is 50.5. The van der Waals surface area contributed by atoms with Gasteiger partial charge in [0.1, 0.15) is 5.70 Å². The van der Waals surface area contributed by atoms with E-state index in [4.69, 9.17) is 0 Å². The van der Waals surface area contributed by atoms with Gasteiger partial charge in [-0.05, 0) is 170 Å². The zero-order valence-corrected chi connectivity index (χ0v) is 55.7. The van der Waals surface area contributed by atoms with Crippen molar-refractivity contribution in [2.24, 2.45) is 17.8 Å². The Bertz CT molecular complexity index is 5770. The quantitative estimate of drug-likeness (QED) is 0.112. The summed E-state index contributed by atoms with van der Waals surface area (Å²) in [5.41, 5.74) is 31.1. The minimum Gasteiger partial charge on any atom is -0.310 e. The normalized spacial score (nSPS) is 19.2. The van der Waals surface area contributed by atoms with Crippen LogP contribution in [0.3, 0.4) is 0 Å². The average molecular weight is 1310 g/mol. The summed E-state index contributed by atoms with van der Waals surface area (Å²) < 4.78 is 2.38. The zero-order valence-electron chi connectivity index (χ0n) is 55.7. The molecule has 3 unspecified atom stereocenters. The number of fused-ring (bicyclic) bond motifs is 7. The predicted octanol–water partition coefficient (Wildman–Crippen LogP) is 22.9. The number of para-hydroxylation sites is 9. The van der Waals surface area contributed by atoms with Crippen LogP contribution in [0.2, 0.25) is 0 Å². The van der Waals surface area contributed by atoms with E-state index in [1.165, 1.54) is 106 Å². The van der Waals surface area contributed by atoms with Gasteiger partial charge < -0.3 is 24.2 Å². The number of nitrogens with zero attached hydrogens (tertiary/aromatic N) is 6. The maximum atomic E-state index is 12.2. The summed E-state index contributed by atoms with van der Waals surface area (Å²) in [6, 6.07) is 85.2. The van der Waals surface area contributed by atoms with E-state index < -0.39 is 0 Å². The smallest absolute Gasteiger partial charge is 0.293 e. The largest absolute Gasteiger partial charge is 0.310 e. The number of hydrogen-bond acceptors (Lipinski definition) is 6. The number of nitro groups is 1. The number of benzene rings is 9. The van der Waals surface area contributed by atoms with Gasteiger partial charge in [0, 0.05) is 80.8 Å². The highest BCUT2D eigenvalue weighted by atomic mass is 16.6. The molecule has 0 radical (unpaired) electrons. The Morgan fingerprint density at radius 3 is 1.40 bits per heavy atom. The van der Waals surface area contributed by atoms with Crippen LogP contribution in [-0.2, 0) is 6.42 Å². The summed E-state index contributed by atoms with van der Waals surface area (Å²) in [4.78, 5) is 21.3. The molecule has 3 heterocycles. The third-order valence-electron chi connectivity index (χ3n) is 21.0. The Morgan fingerprint density at radius 1 is 0.363 bits per heavy atom. The van der Waals surface area contributed by atoms with Gasteiger partial charge in [-0.1, -0.05) is 255 Å². The standard InChI is InChI=1S/C43H29N3.C26H19N.C25H18N2O2/c1-3-16-31(17-4-1)44-37-22-8-7-20-34(37)36-28-33(25-26-38(36)44)45-39-23-9-10-24-40(39)46(32-18-5-2-6-19-32)43-35-21-12-14-29-13-11-15-30(42(29)35)27-41(43)45;1-2-12-22(13-3-1)27-24-15-5-4-8-19(24)16-21-17-20-11-6-9-18-10-7-14-23(25(18)20)26(21)27;28-27(29)23-17-19-11-7-9-18-10-8-16-22(24(18)19)25(23)26(20-12-3-1-4-13-20)21-14-5-2-6-15-21/h1-28,42H;1-15,17,25H,16H2;1-17,24H. The van der Waals surface area contributed by atoms with E-state index in [1.807, 2.05) is 89.9 Å². The highest BCUT2D eigenvalue weighted by Gasteiger charge is 2.43. The molecule has 0 amide bonds. The van der Waals surface area contributed by atoms with Crippen molar-refractivity contribution in [3.05, 3.63) is 470 Å². The highest BCUT2D eigenvalue weighted by Crippen LogP contribution is 2.57. The van der Waals surface area contributed by atoms with Gasteiger partial charge in [-0.25, -0.2) is 0 Å². The van der Waals surface area contributed by atoms with Gasteiger partial charge in [0.25, 0.3) is 5.70 Å². The summed E-state index contributed by atoms with van der Waals surface area (Å²) in [6.45, 7) is 0. The van der Waals surface area contributed by atoms with E-state index in [2.05, 4.69) is 298 Å². The van der Waals surface area contributed by atoms with Crippen LogP contribution in [-0.4, -0.2) is 9.49 Å². The molecular formula is C94H66N6O2. The molecule has 0 saturated carbocycles. The third kappa shape index (κ3) is 9.97.